The number of ether oxygens (including phenoxy) is 1. The molecule has 4 rings (SSSR count). The Labute approximate surface area is 139 Å². The van der Waals surface area contributed by atoms with Gasteiger partial charge in [-0.25, -0.2) is 0 Å². The molecule has 1 atom stereocenters. The van der Waals surface area contributed by atoms with Crippen molar-refractivity contribution in [2.24, 2.45) is 0 Å². The Balaban J connectivity index is 1.84. The van der Waals surface area contributed by atoms with Crippen LogP contribution in [0.15, 0.2) is 48.5 Å². The first-order chi connectivity index (χ1) is 11.6. The van der Waals surface area contributed by atoms with Gasteiger partial charge in [-0.1, -0.05) is 24.3 Å². The molecule has 0 saturated carbocycles. The van der Waals surface area contributed by atoms with Crippen LogP contribution in [0.25, 0.3) is 10.8 Å². The van der Waals surface area contributed by atoms with Crippen LogP contribution < -0.4 is 4.74 Å². The maximum atomic E-state index is 10.2. The second-order valence-corrected chi connectivity index (χ2v) is 6.12. The molecule has 122 valence electrons. The zero-order chi connectivity index (χ0) is 16.7. The van der Waals surface area contributed by atoms with Gasteiger partial charge in [0.2, 0.25) is 0 Å². The van der Waals surface area contributed by atoms with Crippen molar-refractivity contribution in [1.29, 1.82) is 0 Å². The van der Waals surface area contributed by atoms with Crippen LogP contribution in [0.1, 0.15) is 30.1 Å². The van der Waals surface area contributed by atoms with Crippen molar-refractivity contribution in [2.45, 2.75) is 25.4 Å². The number of fused-ring (bicyclic) bond motifs is 2. The maximum Gasteiger partial charge on any atom is 0.138 e. The predicted molar refractivity (Wildman–Crippen MR) is 91.7 cm³/mol. The monoisotopic (exact) mass is 322 g/mol. The summed E-state index contributed by atoms with van der Waals surface area (Å²) in [6.45, 7) is 0. The Hall–Kier alpha value is -2.72. The Morgan fingerprint density at radius 3 is 2.50 bits per heavy atom. The lowest BCUT2D eigenvalue weighted by atomic mass is 9.88. The second kappa shape index (κ2) is 5.73. The number of phenols is 2. The summed E-state index contributed by atoms with van der Waals surface area (Å²) < 4.78 is 6.09. The predicted octanol–water partition coefficient (Wildman–Crippen LogP) is 4.41. The molecule has 0 aliphatic heterocycles. The Kier molecular flexibility index (Phi) is 3.54. The summed E-state index contributed by atoms with van der Waals surface area (Å²) in [4.78, 5) is 0. The molecule has 1 unspecified atom stereocenters. The van der Waals surface area contributed by atoms with Crippen LogP contribution in [0.5, 0.6) is 23.0 Å². The fourth-order valence-corrected chi connectivity index (χ4v) is 3.47. The van der Waals surface area contributed by atoms with Crippen molar-refractivity contribution in [1.82, 2.24) is 0 Å². The topological polar surface area (TPSA) is 69.9 Å². The number of aliphatic hydroxyl groups excluding tert-OH is 1. The Morgan fingerprint density at radius 2 is 1.67 bits per heavy atom. The molecule has 0 bridgehead atoms. The van der Waals surface area contributed by atoms with Crippen molar-refractivity contribution in [3.05, 3.63) is 59.7 Å². The van der Waals surface area contributed by atoms with E-state index in [2.05, 4.69) is 0 Å². The minimum absolute atomic E-state index is 0.102. The molecule has 3 N–H and O–H groups in total. The lowest BCUT2D eigenvalue weighted by Gasteiger charge is -2.24. The molecule has 1 aliphatic rings. The summed E-state index contributed by atoms with van der Waals surface area (Å²) in [5, 5.41) is 32.0. The second-order valence-electron chi connectivity index (χ2n) is 6.12. The van der Waals surface area contributed by atoms with E-state index in [4.69, 9.17) is 4.74 Å². The summed E-state index contributed by atoms with van der Waals surface area (Å²) in [5.41, 5.74) is 1.39. The van der Waals surface area contributed by atoms with Crippen molar-refractivity contribution < 1.29 is 20.1 Å². The summed E-state index contributed by atoms with van der Waals surface area (Å²) >= 11 is 0. The van der Waals surface area contributed by atoms with Crippen LogP contribution in [0.4, 0.5) is 0 Å². The molecule has 4 heteroatoms. The minimum Gasteiger partial charge on any atom is -0.508 e. The molecule has 0 aromatic heterocycles. The molecule has 0 fully saturated rings. The number of hydrogen-bond donors (Lipinski definition) is 3. The van der Waals surface area contributed by atoms with E-state index >= 15 is 0 Å². The summed E-state index contributed by atoms with van der Waals surface area (Å²) in [6.07, 6.45) is 1.55. The van der Waals surface area contributed by atoms with Gasteiger partial charge in [0.1, 0.15) is 23.0 Å². The van der Waals surface area contributed by atoms with E-state index in [1.54, 1.807) is 30.3 Å². The van der Waals surface area contributed by atoms with E-state index in [0.717, 1.165) is 23.8 Å². The van der Waals surface area contributed by atoms with E-state index in [9.17, 15) is 15.3 Å². The lowest BCUT2D eigenvalue weighted by molar-refractivity contribution is 0.152. The third-order valence-electron chi connectivity index (χ3n) is 4.59. The largest absolute Gasteiger partial charge is 0.508 e. The standard InChI is InChI=1S/C20H18O4/c21-14-7-1-4-12-5-2-9-18(19(12)14)24-17-11-10-16(23)20-13(17)6-3-8-15(20)22/h1-2,4-5,7,9-11,15,21-23H,3,6,8H2. The highest BCUT2D eigenvalue weighted by atomic mass is 16.5. The third kappa shape index (κ3) is 2.36. The van der Waals surface area contributed by atoms with Crippen molar-refractivity contribution in [3.8, 4) is 23.0 Å². The molecule has 0 spiro atoms. The normalized spacial score (nSPS) is 16.8. The lowest BCUT2D eigenvalue weighted by Crippen LogP contribution is -2.10. The molecule has 0 heterocycles. The van der Waals surface area contributed by atoms with Crippen LogP contribution in [-0.2, 0) is 6.42 Å². The van der Waals surface area contributed by atoms with Crippen LogP contribution in [0.3, 0.4) is 0 Å². The molecule has 1 aliphatic carbocycles. The van der Waals surface area contributed by atoms with Gasteiger partial charge < -0.3 is 20.1 Å². The van der Waals surface area contributed by atoms with Crippen molar-refractivity contribution in [2.75, 3.05) is 0 Å². The average Bonchev–Trinajstić information content (AvgIpc) is 2.58. The van der Waals surface area contributed by atoms with Gasteiger partial charge in [-0.2, -0.15) is 0 Å². The van der Waals surface area contributed by atoms with Gasteiger partial charge in [-0.05, 0) is 48.9 Å². The van der Waals surface area contributed by atoms with Crippen LogP contribution in [0, 0.1) is 0 Å². The SMILES string of the molecule is Oc1ccc(Oc2cccc3cccc(O)c23)c2c1C(O)CCC2. The van der Waals surface area contributed by atoms with E-state index < -0.39 is 6.10 Å². The molecule has 3 aromatic rings. The van der Waals surface area contributed by atoms with E-state index in [1.807, 2.05) is 18.2 Å². The zero-order valence-corrected chi connectivity index (χ0v) is 13.1. The minimum atomic E-state index is -0.668. The highest BCUT2D eigenvalue weighted by Crippen LogP contribution is 2.43. The van der Waals surface area contributed by atoms with Gasteiger partial charge in [0.15, 0.2) is 0 Å². The summed E-state index contributed by atoms with van der Waals surface area (Å²) in [5.74, 6) is 1.43. The zero-order valence-electron chi connectivity index (χ0n) is 13.1. The van der Waals surface area contributed by atoms with Crippen molar-refractivity contribution in [3.63, 3.8) is 0 Å². The van der Waals surface area contributed by atoms with Gasteiger partial charge in [-0.3, -0.25) is 0 Å². The molecule has 0 amide bonds. The summed E-state index contributed by atoms with van der Waals surface area (Å²) in [6, 6.07) is 14.2. The smallest absolute Gasteiger partial charge is 0.138 e. The van der Waals surface area contributed by atoms with E-state index in [1.165, 1.54) is 0 Å². The quantitative estimate of drug-likeness (QED) is 0.653. The molecule has 4 nitrogen and oxygen atoms in total. The average molecular weight is 322 g/mol. The number of rotatable bonds is 2. The van der Waals surface area contributed by atoms with Crippen LogP contribution >= 0.6 is 0 Å². The van der Waals surface area contributed by atoms with Gasteiger partial charge in [0.05, 0.1) is 11.5 Å². The maximum absolute atomic E-state index is 10.2. The molecule has 0 radical (unpaired) electrons. The van der Waals surface area contributed by atoms with E-state index in [-0.39, 0.29) is 11.5 Å². The van der Waals surface area contributed by atoms with Gasteiger partial charge in [0.25, 0.3) is 0 Å². The molecule has 0 saturated heterocycles. The number of hydrogen-bond acceptors (Lipinski definition) is 4. The summed E-state index contributed by atoms with van der Waals surface area (Å²) in [7, 11) is 0. The molecular formula is C20H18O4. The highest BCUT2D eigenvalue weighted by molar-refractivity contribution is 5.93. The highest BCUT2D eigenvalue weighted by Gasteiger charge is 2.25. The van der Waals surface area contributed by atoms with Crippen molar-refractivity contribution >= 4 is 10.8 Å². The van der Waals surface area contributed by atoms with Crippen LogP contribution in [-0.4, -0.2) is 15.3 Å². The van der Waals surface area contributed by atoms with E-state index in [0.29, 0.717) is 28.9 Å². The molecular weight excluding hydrogens is 304 g/mol. The number of benzene rings is 3. The number of phenolic OH excluding ortho intramolecular Hbond substituents is 2. The number of aromatic hydroxyl groups is 2. The Morgan fingerprint density at radius 1 is 0.875 bits per heavy atom. The molecule has 3 aromatic carbocycles. The van der Waals surface area contributed by atoms with Gasteiger partial charge >= 0.3 is 0 Å². The first kappa shape index (κ1) is 14.8. The fraction of sp³-hybridized carbons (Fsp3) is 0.200. The molecule has 24 heavy (non-hydrogen) atoms. The first-order valence-electron chi connectivity index (χ1n) is 8.06. The first-order valence-corrected chi connectivity index (χ1v) is 8.06. The third-order valence-corrected chi connectivity index (χ3v) is 4.59. The van der Waals surface area contributed by atoms with Crippen LogP contribution in [0.2, 0.25) is 0 Å². The number of aliphatic hydroxyl groups is 1. The Bertz CT molecular complexity index is 912. The van der Waals surface area contributed by atoms with Gasteiger partial charge in [0, 0.05) is 11.1 Å². The fourth-order valence-electron chi connectivity index (χ4n) is 3.47. The van der Waals surface area contributed by atoms with Gasteiger partial charge in [-0.15, -0.1) is 0 Å².